The molecular weight excluding hydrogens is 314 g/mol. The molecule has 9 heteroatoms. The van der Waals surface area contributed by atoms with Crippen LogP contribution in [0.15, 0.2) is 24.3 Å². The van der Waals surface area contributed by atoms with E-state index in [9.17, 15) is 23.2 Å². The zero-order valence-corrected chi connectivity index (χ0v) is 12.4. The van der Waals surface area contributed by atoms with E-state index in [0.29, 0.717) is 0 Å². The maximum Gasteiger partial charge on any atom is 0.387 e. The fourth-order valence-electron chi connectivity index (χ4n) is 1.67. The summed E-state index contributed by atoms with van der Waals surface area (Å²) in [4.78, 5) is 34.5. The van der Waals surface area contributed by atoms with Gasteiger partial charge in [-0.15, -0.1) is 0 Å². The second-order valence-electron chi connectivity index (χ2n) is 4.83. The highest BCUT2D eigenvalue weighted by Crippen LogP contribution is 2.18. The van der Waals surface area contributed by atoms with Crippen LogP contribution >= 0.6 is 0 Å². The van der Waals surface area contributed by atoms with Gasteiger partial charge in [0.2, 0.25) is 0 Å². The molecule has 0 saturated heterocycles. The van der Waals surface area contributed by atoms with Crippen molar-refractivity contribution in [3.63, 3.8) is 0 Å². The van der Waals surface area contributed by atoms with Crippen molar-refractivity contribution in [3.8, 4) is 5.75 Å². The molecule has 3 amide bonds. The van der Waals surface area contributed by atoms with Crippen LogP contribution in [-0.2, 0) is 9.53 Å². The van der Waals surface area contributed by atoms with Gasteiger partial charge in [-0.25, -0.2) is 9.59 Å². The Labute approximate surface area is 130 Å². The van der Waals surface area contributed by atoms with Crippen LogP contribution in [0, 0.1) is 5.92 Å². The molecular formula is C14H16F2N2O5. The van der Waals surface area contributed by atoms with Gasteiger partial charge in [-0.2, -0.15) is 8.78 Å². The average molecular weight is 330 g/mol. The van der Waals surface area contributed by atoms with Crippen LogP contribution in [0.1, 0.15) is 24.2 Å². The zero-order valence-electron chi connectivity index (χ0n) is 12.4. The van der Waals surface area contributed by atoms with Crippen molar-refractivity contribution >= 4 is 17.9 Å². The van der Waals surface area contributed by atoms with Gasteiger partial charge in [0.1, 0.15) is 5.75 Å². The van der Waals surface area contributed by atoms with Gasteiger partial charge in [0, 0.05) is 0 Å². The van der Waals surface area contributed by atoms with Crippen LogP contribution in [0.2, 0.25) is 0 Å². The maximum atomic E-state index is 12.2. The predicted octanol–water partition coefficient (Wildman–Crippen LogP) is 1.66. The standard InChI is InChI=1S/C14H16F2N2O5/c1-7(2)10(11(19)18-14(17)21)23-12(20)8-4-3-5-9(6-8)22-13(15)16/h3-7,10,13H,1-2H3,(H3,17,18,19,21). The largest absolute Gasteiger partial charge is 0.448 e. The van der Waals surface area contributed by atoms with Crippen LogP contribution < -0.4 is 15.8 Å². The Morgan fingerprint density at radius 1 is 1.22 bits per heavy atom. The number of primary amides is 1. The number of imide groups is 1. The number of esters is 1. The van der Waals surface area contributed by atoms with E-state index in [1.54, 1.807) is 13.8 Å². The second kappa shape index (κ2) is 8.06. The van der Waals surface area contributed by atoms with Crippen molar-refractivity contribution in [2.75, 3.05) is 0 Å². The van der Waals surface area contributed by atoms with Crippen molar-refractivity contribution in [1.29, 1.82) is 0 Å². The lowest BCUT2D eigenvalue weighted by Crippen LogP contribution is -2.45. The first kappa shape index (κ1) is 18.3. The molecule has 0 aromatic heterocycles. The highest BCUT2D eigenvalue weighted by Gasteiger charge is 2.28. The molecule has 23 heavy (non-hydrogen) atoms. The lowest BCUT2D eigenvalue weighted by Gasteiger charge is -2.20. The first-order valence-electron chi connectivity index (χ1n) is 6.57. The van der Waals surface area contributed by atoms with Gasteiger partial charge in [-0.3, -0.25) is 10.1 Å². The molecule has 0 fully saturated rings. The third-order valence-electron chi connectivity index (χ3n) is 2.64. The molecule has 1 rings (SSSR count). The van der Waals surface area contributed by atoms with Crippen molar-refractivity contribution < 1.29 is 32.6 Å². The quantitative estimate of drug-likeness (QED) is 0.771. The number of carbonyl (C=O) groups excluding carboxylic acids is 3. The highest BCUT2D eigenvalue weighted by molar-refractivity contribution is 5.98. The summed E-state index contributed by atoms with van der Waals surface area (Å²) in [6.45, 7) is 0.148. The molecule has 0 bridgehead atoms. The number of hydrogen-bond acceptors (Lipinski definition) is 5. The molecule has 0 spiro atoms. The van der Waals surface area contributed by atoms with E-state index in [2.05, 4.69) is 4.74 Å². The number of nitrogens with one attached hydrogen (secondary N) is 1. The number of benzene rings is 1. The summed E-state index contributed by atoms with van der Waals surface area (Å²) in [6, 6.07) is 3.84. The molecule has 126 valence electrons. The molecule has 0 saturated carbocycles. The summed E-state index contributed by atoms with van der Waals surface area (Å²) < 4.78 is 33.5. The normalized spacial score (nSPS) is 11.9. The van der Waals surface area contributed by atoms with E-state index in [4.69, 9.17) is 10.5 Å². The Morgan fingerprint density at radius 2 is 1.87 bits per heavy atom. The van der Waals surface area contributed by atoms with Gasteiger partial charge in [0.05, 0.1) is 5.56 Å². The van der Waals surface area contributed by atoms with E-state index in [1.165, 1.54) is 18.2 Å². The lowest BCUT2D eigenvalue weighted by molar-refractivity contribution is -0.130. The minimum atomic E-state index is -3.04. The molecule has 1 aromatic carbocycles. The number of nitrogens with two attached hydrogens (primary N) is 1. The predicted molar refractivity (Wildman–Crippen MR) is 74.8 cm³/mol. The van der Waals surface area contributed by atoms with E-state index >= 15 is 0 Å². The maximum absolute atomic E-state index is 12.2. The van der Waals surface area contributed by atoms with E-state index in [-0.39, 0.29) is 11.3 Å². The minimum absolute atomic E-state index is 0.0827. The molecule has 0 radical (unpaired) electrons. The summed E-state index contributed by atoms with van der Waals surface area (Å²) in [7, 11) is 0. The summed E-state index contributed by atoms with van der Waals surface area (Å²) in [5.41, 5.74) is 4.76. The Hall–Kier alpha value is -2.71. The number of urea groups is 1. The van der Waals surface area contributed by atoms with Gasteiger partial charge in [0.25, 0.3) is 5.91 Å². The number of halogens is 2. The Morgan fingerprint density at radius 3 is 2.39 bits per heavy atom. The second-order valence-corrected chi connectivity index (χ2v) is 4.83. The van der Waals surface area contributed by atoms with Crippen molar-refractivity contribution in [2.24, 2.45) is 11.7 Å². The summed E-state index contributed by atoms with van der Waals surface area (Å²) in [6.07, 6.45) is -1.27. The minimum Gasteiger partial charge on any atom is -0.448 e. The topological polar surface area (TPSA) is 108 Å². The van der Waals surface area contributed by atoms with Gasteiger partial charge >= 0.3 is 18.6 Å². The molecule has 7 nitrogen and oxygen atoms in total. The van der Waals surface area contributed by atoms with Crippen LogP contribution in [0.5, 0.6) is 5.75 Å². The molecule has 1 atom stereocenters. The Bertz CT molecular complexity index is 592. The van der Waals surface area contributed by atoms with E-state index < -0.39 is 36.5 Å². The van der Waals surface area contributed by atoms with Crippen LogP contribution in [0.4, 0.5) is 13.6 Å². The molecule has 3 N–H and O–H groups in total. The summed E-state index contributed by atoms with van der Waals surface area (Å²) in [5, 5.41) is 1.82. The number of amides is 3. The number of ether oxygens (including phenoxy) is 2. The Kier molecular flexibility index (Phi) is 6.43. The third kappa shape index (κ3) is 5.89. The monoisotopic (exact) mass is 330 g/mol. The summed E-state index contributed by atoms with van der Waals surface area (Å²) >= 11 is 0. The summed E-state index contributed by atoms with van der Waals surface area (Å²) in [5.74, 6) is -2.47. The first-order valence-corrected chi connectivity index (χ1v) is 6.57. The third-order valence-corrected chi connectivity index (χ3v) is 2.64. The van der Waals surface area contributed by atoms with Gasteiger partial charge in [-0.05, 0) is 24.1 Å². The van der Waals surface area contributed by atoms with Crippen molar-refractivity contribution in [3.05, 3.63) is 29.8 Å². The average Bonchev–Trinajstić information content (AvgIpc) is 2.42. The van der Waals surface area contributed by atoms with Gasteiger partial charge in [0.15, 0.2) is 6.10 Å². The van der Waals surface area contributed by atoms with Gasteiger partial charge in [-0.1, -0.05) is 19.9 Å². The molecule has 1 unspecified atom stereocenters. The van der Waals surface area contributed by atoms with Gasteiger partial charge < -0.3 is 15.2 Å². The molecule has 1 aromatic rings. The number of alkyl halides is 2. The highest BCUT2D eigenvalue weighted by atomic mass is 19.3. The number of carbonyl (C=O) groups is 3. The zero-order chi connectivity index (χ0) is 17.6. The van der Waals surface area contributed by atoms with E-state index in [0.717, 1.165) is 6.07 Å². The molecule has 0 aliphatic heterocycles. The number of rotatable bonds is 6. The fourth-order valence-corrected chi connectivity index (χ4v) is 1.67. The van der Waals surface area contributed by atoms with Crippen molar-refractivity contribution in [1.82, 2.24) is 5.32 Å². The van der Waals surface area contributed by atoms with E-state index in [1.807, 2.05) is 5.32 Å². The lowest BCUT2D eigenvalue weighted by atomic mass is 10.1. The van der Waals surface area contributed by atoms with Crippen LogP contribution in [0.25, 0.3) is 0 Å². The molecule has 0 aliphatic rings. The smallest absolute Gasteiger partial charge is 0.387 e. The Balaban J connectivity index is 2.86. The van der Waals surface area contributed by atoms with Crippen LogP contribution in [-0.4, -0.2) is 30.6 Å². The number of hydrogen-bond donors (Lipinski definition) is 2. The molecule has 0 heterocycles. The first-order chi connectivity index (χ1) is 10.7. The SMILES string of the molecule is CC(C)C(OC(=O)c1cccc(OC(F)F)c1)C(=O)NC(N)=O. The fraction of sp³-hybridized carbons (Fsp3) is 0.357. The van der Waals surface area contributed by atoms with Crippen LogP contribution in [0.3, 0.4) is 0 Å². The van der Waals surface area contributed by atoms with Crippen molar-refractivity contribution in [2.45, 2.75) is 26.6 Å². The molecule has 0 aliphatic carbocycles.